The SMILES string of the molecule is CSC(C)Cn1c(SCC(=O)O)nc2cc(Br)c(F)cc21. The number of carboxylic acids is 1. The quantitative estimate of drug-likeness (QED) is 0.756. The van der Waals surface area contributed by atoms with E-state index in [0.29, 0.717) is 32.5 Å². The molecule has 1 unspecified atom stereocenters. The Hall–Kier alpha value is -0.730. The first kappa shape index (κ1) is 16.6. The van der Waals surface area contributed by atoms with Crippen molar-refractivity contribution in [3.05, 3.63) is 22.4 Å². The van der Waals surface area contributed by atoms with Crippen LogP contribution in [0.25, 0.3) is 11.0 Å². The van der Waals surface area contributed by atoms with Crippen molar-refractivity contribution in [3.63, 3.8) is 0 Å². The molecule has 2 rings (SSSR count). The maximum absolute atomic E-state index is 13.8. The predicted octanol–water partition coefficient (Wildman–Crippen LogP) is 3.87. The number of aliphatic carboxylic acids is 1. The first-order chi connectivity index (χ1) is 9.92. The minimum absolute atomic E-state index is 0.0688. The summed E-state index contributed by atoms with van der Waals surface area (Å²) < 4.78 is 16.0. The third-order valence-electron chi connectivity index (χ3n) is 2.92. The first-order valence-electron chi connectivity index (χ1n) is 6.15. The highest BCUT2D eigenvalue weighted by molar-refractivity contribution is 9.10. The van der Waals surface area contributed by atoms with Crippen LogP contribution in [0.4, 0.5) is 4.39 Å². The molecule has 0 saturated heterocycles. The second kappa shape index (κ2) is 7.02. The number of rotatable bonds is 6. The Labute approximate surface area is 138 Å². The van der Waals surface area contributed by atoms with E-state index in [1.54, 1.807) is 17.8 Å². The maximum Gasteiger partial charge on any atom is 0.313 e. The van der Waals surface area contributed by atoms with Gasteiger partial charge in [0.1, 0.15) is 5.82 Å². The van der Waals surface area contributed by atoms with Crippen molar-refractivity contribution >= 4 is 56.5 Å². The van der Waals surface area contributed by atoms with Gasteiger partial charge < -0.3 is 9.67 Å². The molecule has 1 atom stereocenters. The summed E-state index contributed by atoms with van der Waals surface area (Å²) in [7, 11) is 0. The van der Waals surface area contributed by atoms with E-state index in [1.807, 2.05) is 10.8 Å². The average molecular weight is 393 g/mol. The lowest BCUT2D eigenvalue weighted by molar-refractivity contribution is -0.133. The number of benzene rings is 1. The van der Waals surface area contributed by atoms with Gasteiger partial charge in [0.25, 0.3) is 0 Å². The number of nitrogens with zero attached hydrogens (tertiary/aromatic N) is 2. The van der Waals surface area contributed by atoms with Gasteiger partial charge in [0.2, 0.25) is 0 Å². The fourth-order valence-electron chi connectivity index (χ4n) is 1.84. The highest BCUT2D eigenvalue weighted by Gasteiger charge is 2.16. The largest absolute Gasteiger partial charge is 0.481 e. The molecule has 114 valence electrons. The van der Waals surface area contributed by atoms with Gasteiger partial charge in [-0.1, -0.05) is 18.7 Å². The molecule has 0 aliphatic carbocycles. The third-order valence-corrected chi connectivity index (χ3v) is 5.44. The molecule has 1 N–H and O–H groups in total. The molecule has 0 radical (unpaired) electrons. The summed E-state index contributed by atoms with van der Waals surface area (Å²) in [5.41, 5.74) is 1.34. The summed E-state index contributed by atoms with van der Waals surface area (Å²) in [6.45, 7) is 2.72. The molecule has 1 heterocycles. The van der Waals surface area contributed by atoms with Gasteiger partial charge in [-0.25, -0.2) is 9.37 Å². The van der Waals surface area contributed by atoms with Gasteiger partial charge in [-0.15, -0.1) is 0 Å². The highest BCUT2D eigenvalue weighted by atomic mass is 79.9. The van der Waals surface area contributed by atoms with Crippen LogP contribution in [0.5, 0.6) is 0 Å². The third kappa shape index (κ3) is 3.92. The maximum atomic E-state index is 13.8. The Balaban J connectivity index is 2.48. The molecule has 0 spiro atoms. The van der Waals surface area contributed by atoms with Crippen molar-refractivity contribution in [3.8, 4) is 0 Å². The molecule has 21 heavy (non-hydrogen) atoms. The first-order valence-corrected chi connectivity index (χ1v) is 9.21. The zero-order valence-corrected chi connectivity index (χ0v) is 14.7. The van der Waals surface area contributed by atoms with Gasteiger partial charge in [-0.2, -0.15) is 11.8 Å². The van der Waals surface area contributed by atoms with E-state index in [2.05, 4.69) is 27.8 Å². The number of hydrogen-bond acceptors (Lipinski definition) is 4. The van der Waals surface area contributed by atoms with Crippen LogP contribution in [0.2, 0.25) is 0 Å². The number of carboxylic acid groups (broad SMARTS) is 1. The minimum atomic E-state index is -0.899. The van der Waals surface area contributed by atoms with Crippen molar-refractivity contribution in [2.75, 3.05) is 12.0 Å². The molecule has 1 aromatic carbocycles. The second-order valence-corrected chi connectivity index (χ2v) is 7.56. The van der Waals surface area contributed by atoms with Crippen LogP contribution >= 0.6 is 39.5 Å². The molecule has 0 saturated carbocycles. The van der Waals surface area contributed by atoms with Crippen LogP contribution in [0.3, 0.4) is 0 Å². The Morgan fingerprint density at radius 2 is 2.29 bits per heavy atom. The zero-order chi connectivity index (χ0) is 15.6. The van der Waals surface area contributed by atoms with Crippen molar-refractivity contribution in [2.24, 2.45) is 0 Å². The molecule has 1 aromatic heterocycles. The van der Waals surface area contributed by atoms with Gasteiger partial charge >= 0.3 is 5.97 Å². The van der Waals surface area contributed by atoms with Crippen LogP contribution in [0, 0.1) is 5.82 Å². The summed E-state index contributed by atoms with van der Waals surface area (Å²) >= 11 is 5.99. The van der Waals surface area contributed by atoms with Crippen LogP contribution in [-0.2, 0) is 11.3 Å². The fourth-order valence-corrected chi connectivity index (χ4v) is 3.22. The summed E-state index contributed by atoms with van der Waals surface area (Å²) in [4.78, 5) is 15.2. The lowest BCUT2D eigenvalue weighted by Gasteiger charge is -2.13. The van der Waals surface area contributed by atoms with E-state index in [1.165, 1.54) is 6.07 Å². The van der Waals surface area contributed by atoms with E-state index in [9.17, 15) is 9.18 Å². The lowest BCUT2D eigenvalue weighted by Crippen LogP contribution is -2.11. The number of thioether (sulfide) groups is 2. The van der Waals surface area contributed by atoms with Gasteiger partial charge in [0.05, 0.1) is 21.3 Å². The average Bonchev–Trinajstić information content (AvgIpc) is 2.74. The van der Waals surface area contributed by atoms with Crippen LogP contribution < -0.4 is 0 Å². The zero-order valence-electron chi connectivity index (χ0n) is 11.5. The van der Waals surface area contributed by atoms with Crippen molar-refractivity contribution in [2.45, 2.75) is 23.9 Å². The van der Waals surface area contributed by atoms with E-state index < -0.39 is 5.97 Å². The molecule has 8 heteroatoms. The molecular formula is C13H14BrFN2O2S2. The number of imidazole rings is 1. The molecular weight excluding hydrogens is 379 g/mol. The van der Waals surface area contributed by atoms with E-state index >= 15 is 0 Å². The number of fused-ring (bicyclic) bond motifs is 1. The molecule has 4 nitrogen and oxygen atoms in total. The topological polar surface area (TPSA) is 55.1 Å². The van der Waals surface area contributed by atoms with Crippen molar-refractivity contribution in [1.82, 2.24) is 9.55 Å². The summed E-state index contributed by atoms with van der Waals surface area (Å²) in [5.74, 6) is -1.32. The monoisotopic (exact) mass is 392 g/mol. The van der Waals surface area contributed by atoms with Crippen molar-refractivity contribution < 1.29 is 14.3 Å². The second-order valence-electron chi connectivity index (χ2n) is 4.49. The molecule has 0 amide bonds. The highest BCUT2D eigenvalue weighted by Crippen LogP contribution is 2.29. The van der Waals surface area contributed by atoms with Crippen molar-refractivity contribution in [1.29, 1.82) is 0 Å². The Kier molecular flexibility index (Phi) is 5.56. The van der Waals surface area contributed by atoms with Crippen LogP contribution in [-0.4, -0.2) is 37.9 Å². The molecule has 0 aliphatic heterocycles. The van der Waals surface area contributed by atoms with Gasteiger partial charge in [-0.05, 0) is 28.3 Å². The number of halogens is 2. The van der Waals surface area contributed by atoms with Crippen LogP contribution in [0.1, 0.15) is 6.92 Å². The number of aromatic nitrogens is 2. The number of hydrogen-bond donors (Lipinski definition) is 1. The van der Waals surface area contributed by atoms with Gasteiger partial charge in [0.15, 0.2) is 5.16 Å². The molecule has 0 aliphatic rings. The van der Waals surface area contributed by atoms with E-state index in [-0.39, 0.29) is 11.6 Å². The smallest absolute Gasteiger partial charge is 0.313 e. The Bertz CT molecular complexity index is 678. The van der Waals surface area contributed by atoms with Gasteiger partial charge in [0, 0.05) is 17.9 Å². The Morgan fingerprint density at radius 1 is 1.57 bits per heavy atom. The molecule has 0 fully saturated rings. The fraction of sp³-hybridized carbons (Fsp3) is 0.385. The lowest BCUT2D eigenvalue weighted by atomic mass is 10.3. The number of carbonyl (C=O) groups is 1. The predicted molar refractivity (Wildman–Crippen MR) is 88.7 cm³/mol. The van der Waals surface area contributed by atoms with Crippen LogP contribution in [0.15, 0.2) is 21.8 Å². The molecule has 2 aromatic rings. The normalized spacial score (nSPS) is 12.8. The summed E-state index contributed by atoms with van der Waals surface area (Å²) in [5, 5.41) is 9.75. The van der Waals surface area contributed by atoms with Gasteiger partial charge in [-0.3, -0.25) is 4.79 Å². The standard InChI is InChI=1S/C13H14BrFN2O2S2/c1-7(20-2)5-17-11-4-9(15)8(14)3-10(11)16-13(17)21-6-12(18)19/h3-4,7H,5-6H2,1-2H3,(H,18,19). The van der Waals surface area contributed by atoms with E-state index in [4.69, 9.17) is 5.11 Å². The summed E-state index contributed by atoms with van der Waals surface area (Å²) in [6.07, 6.45) is 2.00. The summed E-state index contributed by atoms with van der Waals surface area (Å²) in [6, 6.07) is 3.06. The minimum Gasteiger partial charge on any atom is -0.481 e. The van der Waals surface area contributed by atoms with E-state index in [0.717, 1.165) is 11.8 Å². The molecule has 0 bridgehead atoms. The Morgan fingerprint density at radius 3 is 2.90 bits per heavy atom.